The molecule has 2 heterocycles. The van der Waals surface area contributed by atoms with Crippen LogP contribution in [-0.2, 0) is 4.74 Å². The molecule has 194 valence electrons. The Morgan fingerprint density at radius 1 is 0.944 bits per heavy atom. The lowest BCUT2D eigenvalue weighted by molar-refractivity contribution is 0.0519. The number of hydrogen-bond donors (Lipinski definition) is 1. The number of unbranched alkanes of at least 4 members (excludes halogenated alkanes) is 2. The summed E-state index contributed by atoms with van der Waals surface area (Å²) in [5.41, 5.74) is 1.79. The minimum Gasteiger partial charge on any atom is -0.444 e. The Balaban J connectivity index is 1.42. The van der Waals surface area contributed by atoms with Gasteiger partial charge in [-0.1, -0.05) is 31.9 Å². The second-order valence-electron chi connectivity index (χ2n) is 10.6. The van der Waals surface area contributed by atoms with Gasteiger partial charge in [-0.05, 0) is 45.4 Å². The first kappa shape index (κ1) is 25.9. The summed E-state index contributed by atoms with van der Waals surface area (Å²) in [6.45, 7) is 12.8. The van der Waals surface area contributed by atoms with Gasteiger partial charge in [0.2, 0.25) is 0 Å². The molecule has 0 radical (unpaired) electrons. The number of nitrogens with zero attached hydrogens (tertiary/aromatic N) is 3. The molecule has 3 amide bonds. The Bertz CT molecular complexity index is 1110. The first-order valence-corrected chi connectivity index (χ1v) is 13.1. The van der Waals surface area contributed by atoms with Crippen LogP contribution in [0.2, 0.25) is 0 Å². The van der Waals surface area contributed by atoms with E-state index >= 15 is 0 Å². The SMILES string of the molecule is CCCCCN1C(=O)c2cccc3c(N4CCN(CCNC(=O)OC(C)(C)C)CC4)ccc(c23)C1=O. The van der Waals surface area contributed by atoms with Gasteiger partial charge in [0.05, 0.1) is 0 Å². The Labute approximate surface area is 213 Å². The second kappa shape index (κ2) is 10.9. The predicted molar refractivity (Wildman–Crippen MR) is 142 cm³/mol. The highest BCUT2D eigenvalue weighted by atomic mass is 16.6. The highest BCUT2D eigenvalue weighted by molar-refractivity contribution is 6.26. The smallest absolute Gasteiger partial charge is 0.407 e. The molecule has 2 aliphatic rings. The van der Waals surface area contributed by atoms with Crippen molar-refractivity contribution in [1.82, 2.24) is 15.1 Å². The summed E-state index contributed by atoms with van der Waals surface area (Å²) in [6, 6.07) is 9.69. The van der Waals surface area contributed by atoms with E-state index in [1.807, 2.05) is 51.1 Å². The summed E-state index contributed by atoms with van der Waals surface area (Å²) < 4.78 is 5.29. The van der Waals surface area contributed by atoms with Gasteiger partial charge in [0, 0.05) is 73.4 Å². The van der Waals surface area contributed by atoms with Crippen molar-refractivity contribution in [3.8, 4) is 0 Å². The first-order chi connectivity index (χ1) is 17.2. The Hall–Kier alpha value is -3.13. The van der Waals surface area contributed by atoms with Gasteiger partial charge in [0.25, 0.3) is 11.8 Å². The van der Waals surface area contributed by atoms with E-state index in [0.717, 1.165) is 68.4 Å². The number of carbonyl (C=O) groups is 3. The standard InChI is InChI=1S/C28H38N4O4/c1-5-6-7-14-32-25(33)21-10-8-9-20-23(12-11-22(24(20)21)26(32)34)31-18-16-30(17-19-31)15-13-29-27(35)36-28(2,3)4/h8-12H,5-7,13-19H2,1-4H3,(H,29,35). The number of ether oxygens (including phenoxy) is 1. The summed E-state index contributed by atoms with van der Waals surface area (Å²) in [5, 5.41) is 4.56. The van der Waals surface area contributed by atoms with Crippen LogP contribution in [0.25, 0.3) is 10.8 Å². The molecule has 2 aliphatic heterocycles. The van der Waals surface area contributed by atoms with Crippen LogP contribution in [0.3, 0.4) is 0 Å². The number of amides is 3. The number of piperazine rings is 1. The number of nitrogens with one attached hydrogen (secondary N) is 1. The fourth-order valence-electron chi connectivity index (χ4n) is 4.97. The molecule has 1 fully saturated rings. The highest BCUT2D eigenvalue weighted by Crippen LogP contribution is 2.36. The zero-order chi connectivity index (χ0) is 25.9. The van der Waals surface area contributed by atoms with E-state index in [0.29, 0.717) is 24.2 Å². The van der Waals surface area contributed by atoms with Gasteiger partial charge in [-0.25, -0.2) is 4.79 Å². The van der Waals surface area contributed by atoms with Crippen molar-refractivity contribution < 1.29 is 19.1 Å². The van der Waals surface area contributed by atoms with Gasteiger partial charge < -0.3 is 15.0 Å². The third kappa shape index (κ3) is 5.64. The molecule has 0 aliphatic carbocycles. The lowest BCUT2D eigenvalue weighted by atomic mass is 9.92. The lowest BCUT2D eigenvalue weighted by Crippen LogP contribution is -2.49. The van der Waals surface area contributed by atoms with Crippen molar-refractivity contribution in [3.05, 3.63) is 41.5 Å². The molecular formula is C28H38N4O4. The van der Waals surface area contributed by atoms with Crippen LogP contribution in [0.15, 0.2) is 30.3 Å². The maximum Gasteiger partial charge on any atom is 0.407 e. The summed E-state index contributed by atoms with van der Waals surface area (Å²) in [6.07, 6.45) is 2.47. The maximum atomic E-state index is 13.2. The number of anilines is 1. The maximum absolute atomic E-state index is 13.2. The van der Waals surface area contributed by atoms with E-state index in [9.17, 15) is 14.4 Å². The fraction of sp³-hybridized carbons (Fsp3) is 0.536. The molecule has 8 heteroatoms. The van der Waals surface area contributed by atoms with Gasteiger partial charge in [0.1, 0.15) is 5.60 Å². The van der Waals surface area contributed by atoms with E-state index in [1.54, 1.807) is 0 Å². The van der Waals surface area contributed by atoms with Crippen LogP contribution in [0.5, 0.6) is 0 Å². The molecule has 0 bridgehead atoms. The van der Waals surface area contributed by atoms with Gasteiger partial charge >= 0.3 is 6.09 Å². The number of carbonyl (C=O) groups excluding carboxylic acids is 3. The molecule has 8 nitrogen and oxygen atoms in total. The van der Waals surface area contributed by atoms with E-state index in [1.165, 1.54) is 4.90 Å². The van der Waals surface area contributed by atoms with Crippen LogP contribution >= 0.6 is 0 Å². The molecule has 36 heavy (non-hydrogen) atoms. The van der Waals surface area contributed by atoms with Crippen molar-refractivity contribution in [1.29, 1.82) is 0 Å². The van der Waals surface area contributed by atoms with Gasteiger partial charge in [-0.2, -0.15) is 0 Å². The molecule has 0 aromatic heterocycles. The Morgan fingerprint density at radius 3 is 2.31 bits per heavy atom. The normalized spacial score (nSPS) is 16.6. The minimum atomic E-state index is -0.503. The molecule has 2 aromatic rings. The minimum absolute atomic E-state index is 0.186. The number of imide groups is 1. The predicted octanol–water partition coefficient (Wildman–Crippen LogP) is 4.27. The fourth-order valence-corrected chi connectivity index (χ4v) is 4.97. The lowest BCUT2D eigenvalue weighted by Gasteiger charge is -2.37. The molecule has 0 saturated carbocycles. The van der Waals surface area contributed by atoms with Crippen molar-refractivity contribution in [2.75, 3.05) is 50.7 Å². The number of rotatable bonds is 8. The third-order valence-corrected chi connectivity index (χ3v) is 6.76. The third-order valence-electron chi connectivity index (χ3n) is 6.76. The molecule has 0 atom stereocenters. The zero-order valence-corrected chi connectivity index (χ0v) is 21.9. The molecular weight excluding hydrogens is 456 g/mol. The van der Waals surface area contributed by atoms with Crippen molar-refractivity contribution in [3.63, 3.8) is 0 Å². The van der Waals surface area contributed by atoms with E-state index < -0.39 is 11.7 Å². The van der Waals surface area contributed by atoms with Crippen molar-refractivity contribution in [2.24, 2.45) is 0 Å². The monoisotopic (exact) mass is 494 g/mol. The molecule has 0 spiro atoms. The van der Waals surface area contributed by atoms with Crippen LogP contribution in [0, 0.1) is 0 Å². The Kier molecular flexibility index (Phi) is 7.83. The van der Waals surface area contributed by atoms with E-state index in [-0.39, 0.29) is 11.8 Å². The van der Waals surface area contributed by atoms with Crippen LogP contribution in [-0.4, -0.2) is 79.1 Å². The summed E-state index contributed by atoms with van der Waals surface area (Å²) in [4.78, 5) is 44.3. The Morgan fingerprint density at radius 2 is 1.64 bits per heavy atom. The molecule has 4 rings (SSSR count). The van der Waals surface area contributed by atoms with Crippen LogP contribution in [0.4, 0.5) is 10.5 Å². The van der Waals surface area contributed by atoms with Crippen LogP contribution < -0.4 is 10.2 Å². The number of benzene rings is 2. The number of hydrogen-bond acceptors (Lipinski definition) is 6. The van der Waals surface area contributed by atoms with Crippen LogP contribution in [0.1, 0.15) is 67.7 Å². The van der Waals surface area contributed by atoms with E-state index in [2.05, 4.69) is 22.0 Å². The number of alkyl carbamates (subject to hydrolysis) is 1. The van der Waals surface area contributed by atoms with Gasteiger partial charge in [-0.3, -0.25) is 19.4 Å². The quantitative estimate of drug-likeness (QED) is 0.436. The average Bonchev–Trinajstić information content (AvgIpc) is 2.84. The molecule has 1 saturated heterocycles. The second-order valence-corrected chi connectivity index (χ2v) is 10.6. The van der Waals surface area contributed by atoms with Crippen molar-refractivity contribution in [2.45, 2.75) is 52.6 Å². The topological polar surface area (TPSA) is 82.2 Å². The molecule has 1 N–H and O–H groups in total. The summed E-state index contributed by atoms with van der Waals surface area (Å²) in [5.74, 6) is -0.373. The molecule has 0 unspecified atom stereocenters. The summed E-state index contributed by atoms with van der Waals surface area (Å²) >= 11 is 0. The van der Waals surface area contributed by atoms with Gasteiger partial charge in [0.15, 0.2) is 0 Å². The molecule has 2 aromatic carbocycles. The van der Waals surface area contributed by atoms with Gasteiger partial charge in [-0.15, -0.1) is 0 Å². The highest BCUT2D eigenvalue weighted by Gasteiger charge is 2.33. The average molecular weight is 495 g/mol. The largest absolute Gasteiger partial charge is 0.444 e. The zero-order valence-electron chi connectivity index (χ0n) is 21.9. The first-order valence-electron chi connectivity index (χ1n) is 13.1. The van der Waals surface area contributed by atoms with Crippen molar-refractivity contribution >= 4 is 34.4 Å². The summed E-state index contributed by atoms with van der Waals surface area (Å²) in [7, 11) is 0. The van der Waals surface area contributed by atoms with E-state index in [4.69, 9.17) is 4.74 Å².